The van der Waals surface area contributed by atoms with Crippen molar-refractivity contribution >= 4 is 5.91 Å². The molecule has 1 unspecified atom stereocenters. The summed E-state index contributed by atoms with van der Waals surface area (Å²) >= 11 is 0. The lowest BCUT2D eigenvalue weighted by molar-refractivity contribution is -0.130. The van der Waals surface area contributed by atoms with Crippen LogP contribution in [0.2, 0.25) is 0 Å². The normalized spacial score (nSPS) is 19.1. The van der Waals surface area contributed by atoms with Crippen molar-refractivity contribution in [3.05, 3.63) is 35.9 Å². The van der Waals surface area contributed by atoms with Gasteiger partial charge in [0.05, 0.1) is 12.5 Å². The molecule has 1 fully saturated rings. The smallest absolute Gasteiger partial charge is 0.224 e. The van der Waals surface area contributed by atoms with Crippen LogP contribution < -0.4 is 5.32 Å². The molecule has 0 bridgehead atoms. The van der Waals surface area contributed by atoms with Crippen LogP contribution in [0.5, 0.6) is 0 Å². The van der Waals surface area contributed by atoms with E-state index in [2.05, 4.69) is 22.3 Å². The maximum atomic E-state index is 12.1. The first-order chi connectivity index (χ1) is 10.2. The Balaban J connectivity index is 1.75. The predicted molar refractivity (Wildman–Crippen MR) is 80.6 cm³/mol. The third-order valence-corrected chi connectivity index (χ3v) is 3.86. The van der Waals surface area contributed by atoms with Crippen molar-refractivity contribution in [1.29, 1.82) is 0 Å². The number of hydrogen-bond acceptors (Lipinski definition) is 4. The summed E-state index contributed by atoms with van der Waals surface area (Å²) in [5.41, 5.74) is 1.29. The van der Waals surface area contributed by atoms with Gasteiger partial charge in [-0.15, -0.1) is 0 Å². The fourth-order valence-corrected chi connectivity index (χ4v) is 2.62. The molecule has 1 atom stereocenters. The van der Waals surface area contributed by atoms with Gasteiger partial charge in [0, 0.05) is 27.3 Å². The number of nitrogens with zero attached hydrogens (tertiary/aromatic N) is 1. The Morgan fingerprint density at radius 1 is 1.33 bits per heavy atom. The van der Waals surface area contributed by atoms with Gasteiger partial charge in [0.2, 0.25) is 5.91 Å². The van der Waals surface area contributed by atoms with Crippen molar-refractivity contribution in [2.24, 2.45) is 5.92 Å². The molecule has 1 aromatic carbocycles. The average Bonchev–Trinajstić information content (AvgIpc) is 2.97. The Morgan fingerprint density at radius 3 is 2.71 bits per heavy atom. The lowest BCUT2D eigenvalue weighted by Gasteiger charge is -2.17. The SMILES string of the molecule is COC(CNC(=O)C1CCN(Cc2ccccc2)C1)OC. The molecule has 21 heavy (non-hydrogen) atoms. The van der Waals surface area contributed by atoms with Crippen LogP contribution in [0.3, 0.4) is 0 Å². The molecule has 2 rings (SSSR count). The molecule has 1 saturated heterocycles. The average molecular weight is 292 g/mol. The van der Waals surface area contributed by atoms with Gasteiger partial charge in [0.25, 0.3) is 0 Å². The van der Waals surface area contributed by atoms with E-state index in [1.807, 2.05) is 18.2 Å². The molecule has 0 aliphatic carbocycles. The number of carbonyl (C=O) groups excluding carboxylic acids is 1. The number of likely N-dealkylation sites (tertiary alicyclic amines) is 1. The quantitative estimate of drug-likeness (QED) is 0.768. The van der Waals surface area contributed by atoms with Crippen LogP contribution in [0.25, 0.3) is 0 Å². The lowest BCUT2D eigenvalue weighted by Crippen LogP contribution is -2.38. The molecule has 1 amide bonds. The van der Waals surface area contributed by atoms with Gasteiger partial charge in [-0.05, 0) is 18.5 Å². The summed E-state index contributed by atoms with van der Waals surface area (Å²) in [6.07, 6.45) is 0.527. The van der Waals surface area contributed by atoms with Gasteiger partial charge in [-0.2, -0.15) is 0 Å². The van der Waals surface area contributed by atoms with Crippen molar-refractivity contribution in [3.63, 3.8) is 0 Å². The van der Waals surface area contributed by atoms with E-state index in [1.165, 1.54) is 5.56 Å². The maximum Gasteiger partial charge on any atom is 0.224 e. The molecular weight excluding hydrogens is 268 g/mol. The highest BCUT2D eigenvalue weighted by Gasteiger charge is 2.28. The van der Waals surface area contributed by atoms with Crippen molar-refractivity contribution in [2.75, 3.05) is 33.9 Å². The Bertz CT molecular complexity index is 434. The molecule has 1 aliphatic heterocycles. The first-order valence-corrected chi connectivity index (χ1v) is 7.32. The molecule has 0 radical (unpaired) electrons. The highest BCUT2D eigenvalue weighted by molar-refractivity contribution is 5.79. The van der Waals surface area contributed by atoms with Gasteiger partial charge in [-0.1, -0.05) is 30.3 Å². The van der Waals surface area contributed by atoms with Crippen molar-refractivity contribution < 1.29 is 14.3 Å². The molecule has 0 aromatic heterocycles. The summed E-state index contributed by atoms with van der Waals surface area (Å²) in [4.78, 5) is 14.5. The van der Waals surface area contributed by atoms with E-state index in [1.54, 1.807) is 14.2 Å². The van der Waals surface area contributed by atoms with E-state index >= 15 is 0 Å². The molecule has 0 saturated carbocycles. The Labute approximate surface area is 126 Å². The van der Waals surface area contributed by atoms with Crippen LogP contribution in [0.4, 0.5) is 0 Å². The van der Waals surface area contributed by atoms with Gasteiger partial charge in [-0.25, -0.2) is 0 Å². The van der Waals surface area contributed by atoms with Crippen LogP contribution in [0.1, 0.15) is 12.0 Å². The predicted octanol–water partition coefficient (Wildman–Crippen LogP) is 1.24. The van der Waals surface area contributed by atoms with E-state index in [-0.39, 0.29) is 18.1 Å². The largest absolute Gasteiger partial charge is 0.354 e. The van der Waals surface area contributed by atoms with Crippen LogP contribution in [0.15, 0.2) is 30.3 Å². The van der Waals surface area contributed by atoms with Gasteiger partial charge < -0.3 is 14.8 Å². The second kappa shape index (κ2) is 8.12. The monoisotopic (exact) mass is 292 g/mol. The minimum absolute atomic E-state index is 0.0584. The second-order valence-corrected chi connectivity index (χ2v) is 5.35. The zero-order valence-electron chi connectivity index (χ0n) is 12.7. The standard InChI is InChI=1S/C16H24N2O3/c1-20-15(21-2)10-17-16(19)14-8-9-18(12-14)11-13-6-4-3-5-7-13/h3-7,14-15H,8-12H2,1-2H3,(H,17,19). The first-order valence-electron chi connectivity index (χ1n) is 7.32. The van der Waals surface area contributed by atoms with Crippen molar-refractivity contribution in [1.82, 2.24) is 10.2 Å². The van der Waals surface area contributed by atoms with Crippen LogP contribution in [-0.2, 0) is 20.8 Å². The van der Waals surface area contributed by atoms with Gasteiger partial charge in [0.1, 0.15) is 0 Å². The highest BCUT2D eigenvalue weighted by Crippen LogP contribution is 2.18. The number of rotatable bonds is 7. The summed E-state index contributed by atoms with van der Waals surface area (Å²) in [5, 5.41) is 2.90. The summed E-state index contributed by atoms with van der Waals surface area (Å²) in [5.74, 6) is 0.146. The van der Waals surface area contributed by atoms with E-state index in [4.69, 9.17) is 9.47 Å². The fraction of sp³-hybridized carbons (Fsp3) is 0.562. The van der Waals surface area contributed by atoms with E-state index < -0.39 is 0 Å². The molecule has 1 N–H and O–H groups in total. The maximum absolute atomic E-state index is 12.1. The number of hydrogen-bond donors (Lipinski definition) is 1. The van der Waals surface area contributed by atoms with Crippen LogP contribution in [-0.4, -0.2) is 51.0 Å². The fourth-order valence-electron chi connectivity index (χ4n) is 2.62. The Kier molecular flexibility index (Phi) is 6.17. The van der Waals surface area contributed by atoms with Crippen molar-refractivity contribution in [2.45, 2.75) is 19.3 Å². The number of amides is 1. The zero-order valence-corrected chi connectivity index (χ0v) is 12.7. The molecule has 1 aromatic rings. The van der Waals surface area contributed by atoms with Gasteiger partial charge >= 0.3 is 0 Å². The Morgan fingerprint density at radius 2 is 2.05 bits per heavy atom. The molecule has 5 heteroatoms. The number of benzene rings is 1. The lowest BCUT2D eigenvalue weighted by atomic mass is 10.1. The topological polar surface area (TPSA) is 50.8 Å². The van der Waals surface area contributed by atoms with Crippen molar-refractivity contribution in [3.8, 4) is 0 Å². The van der Waals surface area contributed by atoms with Crippen LogP contribution >= 0.6 is 0 Å². The summed E-state index contributed by atoms with van der Waals surface area (Å²) in [6, 6.07) is 10.4. The number of methoxy groups -OCH3 is 2. The highest BCUT2D eigenvalue weighted by atomic mass is 16.7. The third kappa shape index (κ3) is 4.81. The second-order valence-electron chi connectivity index (χ2n) is 5.35. The molecule has 5 nitrogen and oxygen atoms in total. The summed E-state index contributed by atoms with van der Waals surface area (Å²) < 4.78 is 10.1. The molecule has 0 spiro atoms. The number of carbonyl (C=O) groups is 1. The minimum Gasteiger partial charge on any atom is -0.354 e. The van der Waals surface area contributed by atoms with Gasteiger partial charge in [-0.3, -0.25) is 9.69 Å². The molecule has 1 aliphatic rings. The van der Waals surface area contributed by atoms with Gasteiger partial charge in [0.15, 0.2) is 6.29 Å². The molecular formula is C16H24N2O3. The Hall–Kier alpha value is -1.43. The number of ether oxygens (including phenoxy) is 2. The minimum atomic E-state index is -0.379. The zero-order chi connectivity index (χ0) is 15.1. The number of nitrogens with one attached hydrogen (secondary N) is 1. The van der Waals surface area contributed by atoms with E-state index in [9.17, 15) is 4.79 Å². The van der Waals surface area contributed by atoms with E-state index in [0.29, 0.717) is 6.54 Å². The molecule has 116 valence electrons. The summed E-state index contributed by atoms with van der Waals surface area (Å²) in [6.45, 7) is 3.07. The van der Waals surface area contributed by atoms with Crippen LogP contribution in [0, 0.1) is 5.92 Å². The third-order valence-electron chi connectivity index (χ3n) is 3.86. The molecule has 1 heterocycles. The summed E-state index contributed by atoms with van der Waals surface area (Å²) in [7, 11) is 3.13. The van der Waals surface area contributed by atoms with E-state index in [0.717, 1.165) is 26.1 Å². The first kappa shape index (κ1) is 15.9.